The quantitative estimate of drug-likeness (QED) is 0.341. The van der Waals surface area contributed by atoms with E-state index in [1.165, 1.54) is 4.90 Å². The van der Waals surface area contributed by atoms with Gasteiger partial charge in [0.05, 0.1) is 27.3 Å². The number of nitrogens with two attached hydrogens (primary N) is 1. The Hall–Kier alpha value is -1.43. The third-order valence-corrected chi connectivity index (χ3v) is 4.22. The number of rotatable bonds is 7. The van der Waals surface area contributed by atoms with Crippen LogP contribution in [-0.2, 0) is 6.54 Å². The van der Waals surface area contributed by atoms with Crippen molar-refractivity contribution in [3.05, 3.63) is 23.8 Å². The second-order valence-corrected chi connectivity index (χ2v) is 6.28. The predicted molar refractivity (Wildman–Crippen MR) is 109 cm³/mol. The highest BCUT2D eigenvalue weighted by molar-refractivity contribution is 14.0. The van der Waals surface area contributed by atoms with Gasteiger partial charge in [-0.15, -0.1) is 24.0 Å². The summed E-state index contributed by atoms with van der Waals surface area (Å²) in [6.45, 7) is 0.885. The highest BCUT2D eigenvalue weighted by Crippen LogP contribution is 2.27. The summed E-state index contributed by atoms with van der Waals surface area (Å²) in [6, 6.07) is 5.48. The molecular formula is C17H26F3IN4O2. The molecular weight excluding hydrogens is 476 g/mol. The topological polar surface area (TPSA) is 72.1 Å². The molecule has 3 N–H and O–H groups in total. The Balaban J connectivity index is 0.00000364. The zero-order valence-electron chi connectivity index (χ0n) is 15.4. The van der Waals surface area contributed by atoms with Gasteiger partial charge in [0.2, 0.25) is 0 Å². The number of aliphatic imine (C=N–C) groups is 1. The average Bonchev–Trinajstić information content (AvgIpc) is 3.03. The van der Waals surface area contributed by atoms with Crippen LogP contribution in [0.5, 0.6) is 11.5 Å². The minimum atomic E-state index is -4.15. The van der Waals surface area contributed by atoms with Crippen molar-refractivity contribution < 1.29 is 22.6 Å². The van der Waals surface area contributed by atoms with Crippen LogP contribution in [0.2, 0.25) is 0 Å². The van der Waals surface area contributed by atoms with Crippen molar-refractivity contribution in [3.8, 4) is 11.5 Å². The summed E-state index contributed by atoms with van der Waals surface area (Å²) in [5.74, 6) is 1.65. The number of methoxy groups -OCH3 is 2. The molecule has 2 rings (SSSR count). The first-order valence-electron chi connectivity index (χ1n) is 8.34. The van der Waals surface area contributed by atoms with Crippen LogP contribution in [0, 0.1) is 5.92 Å². The maximum Gasteiger partial charge on any atom is 0.401 e. The highest BCUT2D eigenvalue weighted by Gasteiger charge is 2.34. The van der Waals surface area contributed by atoms with Crippen molar-refractivity contribution in [1.29, 1.82) is 0 Å². The molecule has 1 aromatic carbocycles. The Kier molecular flexibility index (Phi) is 9.43. The van der Waals surface area contributed by atoms with E-state index in [9.17, 15) is 13.2 Å². The van der Waals surface area contributed by atoms with Crippen molar-refractivity contribution in [2.75, 3.05) is 40.4 Å². The molecule has 10 heteroatoms. The monoisotopic (exact) mass is 502 g/mol. The number of nitrogens with zero attached hydrogens (tertiary/aromatic N) is 2. The number of hydrogen-bond acceptors (Lipinski definition) is 4. The van der Waals surface area contributed by atoms with Crippen molar-refractivity contribution >= 4 is 29.9 Å². The number of guanidine groups is 1. The fourth-order valence-corrected chi connectivity index (χ4v) is 2.94. The summed E-state index contributed by atoms with van der Waals surface area (Å²) in [4.78, 5) is 5.68. The van der Waals surface area contributed by atoms with Gasteiger partial charge in [0.25, 0.3) is 0 Å². The van der Waals surface area contributed by atoms with Crippen molar-refractivity contribution in [1.82, 2.24) is 10.2 Å². The molecule has 0 radical (unpaired) electrons. The zero-order valence-corrected chi connectivity index (χ0v) is 17.7. The lowest BCUT2D eigenvalue weighted by atomic mass is 10.1. The van der Waals surface area contributed by atoms with Gasteiger partial charge in [0.1, 0.15) is 0 Å². The van der Waals surface area contributed by atoms with Gasteiger partial charge in [-0.1, -0.05) is 6.07 Å². The Morgan fingerprint density at radius 3 is 2.63 bits per heavy atom. The number of alkyl halides is 3. The lowest BCUT2D eigenvalue weighted by Crippen LogP contribution is -2.37. The lowest BCUT2D eigenvalue weighted by Gasteiger charge is -2.18. The van der Waals surface area contributed by atoms with E-state index in [-0.39, 0.29) is 35.9 Å². The summed E-state index contributed by atoms with van der Waals surface area (Å²) in [6.07, 6.45) is -3.44. The van der Waals surface area contributed by atoms with Crippen LogP contribution in [0.25, 0.3) is 0 Å². The number of nitrogens with one attached hydrogen (secondary N) is 1. The van der Waals surface area contributed by atoms with Crippen LogP contribution in [0.3, 0.4) is 0 Å². The van der Waals surface area contributed by atoms with Crippen molar-refractivity contribution in [2.24, 2.45) is 16.6 Å². The minimum Gasteiger partial charge on any atom is -0.493 e. The van der Waals surface area contributed by atoms with E-state index in [0.717, 1.165) is 5.56 Å². The molecule has 6 nitrogen and oxygen atoms in total. The summed E-state index contributed by atoms with van der Waals surface area (Å²) in [7, 11) is 3.13. The van der Waals surface area contributed by atoms with Gasteiger partial charge < -0.3 is 20.5 Å². The Bertz CT molecular complexity index is 629. The van der Waals surface area contributed by atoms with E-state index in [0.29, 0.717) is 44.1 Å². The Morgan fingerprint density at radius 2 is 2.00 bits per heavy atom. The van der Waals surface area contributed by atoms with Crippen LogP contribution in [0.1, 0.15) is 12.0 Å². The molecule has 0 aliphatic carbocycles. The van der Waals surface area contributed by atoms with Crippen molar-refractivity contribution in [2.45, 2.75) is 19.1 Å². The van der Waals surface area contributed by atoms with Crippen LogP contribution in [0.15, 0.2) is 23.2 Å². The van der Waals surface area contributed by atoms with Gasteiger partial charge in [0.15, 0.2) is 17.5 Å². The molecule has 1 fully saturated rings. The van der Waals surface area contributed by atoms with E-state index >= 15 is 0 Å². The molecule has 154 valence electrons. The van der Waals surface area contributed by atoms with Gasteiger partial charge >= 0.3 is 6.18 Å². The lowest BCUT2D eigenvalue weighted by molar-refractivity contribution is -0.143. The average molecular weight is 502 g/mol. The Morgan fingerprint density at radius 1 is 1.30 bits per heavy atom. The molecule has 1 aliphatic heterocycles. The Labute approximate surface area is 174 Å². The summed E-state index contributed by atoms with van der Waals surface area (Å²) >= 11 is 0. The number of benzene rings is 1. The van der Waals surface area contributed by atoms with Gasteiger partial charge in [-0.05, 0) is 36.6 Å². The van der Waals surface area contributed by atoms with E-state index in [1.807, 2.05) is 12.1 Å². The second kappa shape index (κ2) is 10.8. The van der Waals surface area contributed by atoms with Crippen LogP contribution < -0.4 is 20.5 Å². The molecule has 0 amide bonds. The van der Waals surface area contributed by atoms with E-state index in [4.69, 9.17) is 15.2 Å². The summed E-state index contributed by atoms with van der Waals surface area (Å²) in [5.41, 5.74) is 6.76. The fraction of sp³-hybridized carbons (Fsp3) is 0.588. The molecule has 1 atom stereocenters. The first-order chi connectivity index (χ1) is 12.3. The van der Waals surface area contributed by atoms with Crippen LogP contribution in [0.4, 0.5) is 13.2 Å². The highest BCUT2D eigenvalue weighted by atomic mass is 127. The normalized spacial score (nSPS) is 18.1. The van der Waals surface area contributed by atoms with E-state index in [2.05, 4.69) is 10.3 Å². The summed E-state index contributed by atoms with van der Waals surface area (Å²) in [5, 5.41) is 2.99. The first-order valence-corrected chi connectivity index (χ1v) is 8.34. The maximum atomic E-state index is 12.4. The summed E-state index contributed by atoms with van der Waals surface area (Å²) < 4.78 is 47.6. The molecule has 0 spiro atoms. The second-order valence-electron chi connectivity index (χ2n) is 6.28. The maximum absolute atomic E-state index is 12.4. The molecule has 1 heterocycles. The first kappa shape index (κ1) is 23.6. The largest absolute Gasteiger partial charge is 0.493 e. The minimum absolute atomic E-state index is 0. The van der Waals surface area contributed by atoms with Gasteiger partial charge in [-0.25, -0.2) is 4.99 Å². The molecule has 0 bridgehead atoms. The predicted octanol–water partition coefficient (Wildman–Crippen LogP) is 2.61. The third kappa shape index (κ3) is 7.99. The zero-order chi connectivity index (χ0) is 19.2. The fourth-order valence-electron chi connectivity index (χ4n) is 2.94. The number of ether oxygens (including phenoxy) is 2. The molecule has 27 heavy (non-hydrogen) atoms. The standard InChI is InChI=1S/C17H25F3N4O2.HI/c1-25-14-4-3-12(7-15(14)26-2)8-22-16(21)23-9-13-5-6-24(10-13)11-17(18,19)20;/h3-4,7,13H,5-6,8-11H2,1-2H3,(H3,21,22,23);1H. The van der Waals surface area contributed by atoms with Gasteiger partial charge in [0, 0.05) is 13.1 Å². The van der Waals surface area contributed by atoms with Crippen molar-refractivity contribution in [3.63, 3.8) is 0 Å². The smallest absolute Gasteiger partial charge is 0.401 e. The van der Waals surface area contributed by atoms with E-state index < -0.39 is 12.7 Å². The van der Waals surface area contributed by atoms with E-state index in [1.54, 1.807) is 20.3 Å². The molecule has 0 aromatic heterocycles. The number of hydrogen-bond donors (Lipinski definition) is 2. The van der Waals surface area contributed by atoms with Gasteiger partial charge in [-0.2, -0.15) is 13.2 Å². The van der Waals surface area contributed by atoms with Gasteiger partial charge in [-0.3, -0.25) is 4.90 Å². The molecule has 1 aromatic rings. The molecule has 1 unspecified atom stereocenters. The number of halogens is 4. The third-order valence-electron chi connectivity index (χ3n) is 4.22. The SMILES string of the molecule is COc1ccc(CN=C(N)NCC2CCN(CC(F)(F)F)C2)cc1OC.I. The number of likely N-dealkylation sites (tertiary alicyclic amines) is 1. The molecule has 0 saturated carbocycles. The molecule has 1 saturated heterocycles. The van der Waals surface area contributed by atoms with Crippen LogP contribution in [-0.4, -0.2) is 57.4 Å². The van der Waals surface area contributed by atoms with Crippen LogP contribution >= 0.6 is 24.0 Å². The molecule has 1 aliphatic rings.